The van der Waals surface area contributed by atoms with Crippen LogP contribution in [0.5, 0.6) is 0 Å². The van der Waals surface area contributed by atoms with Crippen molar-refractivity contribution in [3.8, 4) is 0 Å². The predicted octanol–water partition coefficient (Wildman–Crippen LogP) is 7.25. The molecule has 2 saturated carbocycles. The molecular weight excluding hydrogens is 436 g/mol. The summed E-state index contributed by atoms with van der Waals surface area (Å²) in [6, 6.07) is 9.52. The van der Waals surface area contributed by atoms with Gasteiger partial charge in [-0.3, -0.25) is 4.79 Å². The van der Waals surface area contributed by atoms with Crippen molar-refractivity contribution in [1.82, 2.24) is 0 Å². The molecule has 2 unspecified atom stereocenters. The normalized spacial score (nSPS) is 25.4. The van der Waals surface area contributed by atoms with Crippen molar-refractivity contribution < 1.29 is 20.1 Å². The maximum Gasteiger partial charge on any atom is 0.310 e. The number of hydrogen-bond acceptors (Lipinski definition) is 3. The van der Waals surface area contributed by atoms with Gasteiger partial charge in [-0.2, -0.15) is 0 Å². The first-order valence-corrected chi connectivity index (χ1v) is 14.3. The van der Waals surface area contributed by atoms with E-state index in [9.17, 15) is 20.1 Å². The summed E-state index contributed by atoms with van der Waals surface area (Å²) in [5.41, 5.74) is 0.973. The molecule has 0 aromatic heterocycles. The number of hydrogen-bond donors (Lipinski definition) is 3. The lowest BCUT2D eigenvalue weighted by Crippen LogP contribution is -2.40. The van der Waals surface area contributed by atoms with Crippen molar-refractivity contribution in [2.24, 2.45) is 17.3 Å². The Morgan fingerprint density at radius 3 is 2.46 bits per heavy atom. The fraction of sp³-hybridized carbons (Fsp3) is 0.710. The largest absolute Gasteiger partial charge is 0.481 e. The Morgan fingerprint density at radius 2 is 1.80 bits per heavy atom. The van der Waals surface area contributed by atoms with E-state index < -0.39 is 11.9 Å². The highest BCUT2D eigenvalue weighted by Gasteiger charge is 2.42. The van der Waals surface area contributed by atoms with Crippen LogP contribution < -0.4 is 0 Å². The first kappa shape index (κ1) is 27.9. The highest BCUT2D eigenvalue weighted by atomic mass is 16.4. The van der Waals surface area contributed by atoms with Crippen LogP contribution in [0.15, 0.2) is 42.5 Å². The van der Waals surface area contributed by atoms with Gasteiger partial charge in [-0.1, -0.05) is 101 Å². The third-order valence-electron chi connectivity index (χ3n) is 8.92. The van der Waals surface area contributed by atoms with Gasteiger partial charge in [0, 0.05) is 0 Å². The smallest absolute Gasteiger partial charge is 0.310 e. The van der Waals surface area contributed by atoms with E-state index in [-0.39, 0.29) is 23.5 Å². The Labute approximate surface area is 212 Å². The van der Waals surface area contributed by atoms with Gasteiger partial charge in [0.2, 0.25) is 0 Å². The van der Waals surface area contributed by atoms with Crippen molar-refractivity contribution in [3.05, 3.63) is 48.0 Å². The highest BCUT2D eigenvalue weighted by molar-refractivity contribution is 5.75. The molecule has 2 fully saturated rings. The van der Waals surface area contributed by atoms with Crippen LogP contribution in [0.4, 0.5) is 0 Å². The predicted molar refractivity (Wildman–Crippen MR) is 142 cm³/mol. The standard InChI is InChI=1S/C31H48O4/c1-2-3-4-11-21-31(22-12-23-31)29(33)20-18-25-17-19-28(32)26(25)15-9-6-10-16-27(30(34)35)24-13-7-5-8-14-24/h5,7-8,13-14,18,20,25-29,32-33H,2-4,6,9-12,15-17,19,21-23H2,1H3,(H,34,35)/t25-,26-,27?,28+,29?/m1/s1. The number of benzene rings is 1. The van der Waals surface area contributed by atoms with Crippen LogP contribution in [0.2, 0.25) is 0 Å². The van der Waals surface area contributed by atoms with Gasteiger partial charge >= 0.3 is 5.97 Å². The average Bonchev–Trinajstić information content (AvgIpc) is 3.18. The Morgan fingerprint density at radius 1 is 1.06 bits per heavy atom. The van der Waals surface area contributed by atoms with Crippen molar-refractivity contribution in [2.45, 2.75) is 121 Å². The molecule has 4 nitrogen and oxygen atoms in total. The number of rotatable bonds is 16. The lowest BCUT2D eigenvalue weighted by atomic mass is 9.62. The van der Waals surface area contributed by atoms with Crippen LogP contribution in [-0.2, 0) is 4.79 Å². The molecule has 2 aliphatic carbocycles. The zero-order valence-corrected chi connectivity index (χ0v) is 21.8. The first-order valence-electron chi connectivity index (χ1n) is 14.3. The molecule has 0 heterocycles. The highest BCUT2D eigenvalue weighted by Crippen LogP contribution is 2.49. The van der Waals surface area contributed by atoms with Gasteiger partial charge in [0.1, 0.15) is 0 Å². The van der Waals surface area contributed by atoms with Crippen molar-refractivity contribution in [3.63, 3.8) is 0 Å². The van der Waals surface area contributed by atoms with Gasteiger partial charge in [-0.15, -0.1) is 0 Å². The monoisotopic (exact) mass is 484 g/mol. The quantitative estimate of drug-likeness (QED) is 0.171. The van der Waals surface area contributed by atoms with E-state index in [1.54, 1.807) is 0 Å². The van der Waals surface area contributed by atoms with E-state index in [1.807, 2.05) is 30.3 Å². The van der Waals surface area contributed by atoms with E-state index in [0.29, 0.717) is 12.3 Å². The third kappa shape index (κ3) is 7.92. The Balaban J connectivity index is 1.43. The summed E-state index contributed by atoms with van der Waals surface area (Å²) in [6.45, 7) is 2.24. The van der Waals surface area contributed by atoms with Crippen molar-refractivity contribution >= 4 is 5.97 Å². The summed E-state index contributed by atoms with van der Waals surface area (Å²) in [5.74, 6) is -0.593. The van der Waals surface area contributed by atoms with Gasteiger partial charge in [0.05, 0.1) is 18.1 Å². The average molecular weight is 485 g/mol. The van der Waals surface area contributed by atoms with Gasteiger partial charge in [-0.25, -0.2) is 0 Å². The summed E-state index contributed by atoms with van der Waals surface area (Å²) in [6.07, 6.45) is 19.7. The van der Waals surface area contributed by atoms with E-state index in [2.05, 4.69) is 19.1 Å². The Bertz CT molecular complexity index is 769. The SMILES string of the molecule is CCCCCCC1(C(O)C=C[C@H]2CC[C@H](O)[C@@H]2CCCCCC(C(=O)O)c2ccccc2)CCC1. The second-order valence-electron chi connectivity index (χ2n) is 11.3. The number of carboxylic acids is 1. The van der Waals surface area contributed by atoms with E-state index in [4.69, 9.17) is 0 Å². The number of carboxylic acid groups (broad SMARTS) is 1. The lowest BCUT2D eigenvalue weighted by molar-refractivity contribution is -0.139. The maximum atomic E-state index is 11.7. The second kappa shape index (κ2) is 14.2. The molecule has 35 heavy (non-hydrogen) atoms. The molecule has 4 heteroatoms. The van der Waals surface area contributed by atoms with Crippen LogP contribution in [0, 0.1) is 17.3 Å². The molecule has 0 saturated heterocycles. The van der Waals surface area contributed by atoms with Crippen molar-refractivity contribution in [2.75, 3.05) is 0 Å². The molecule has 0 bridgehead atoms. The zero-order valence-electron chi connectivity index (χ0n) is 21.8. The van der Waals surface area contributed by atoms with Crippen LogP contribution in [0.25, 0.3) is 0 Å². The number of allylic oxidation sites excluding steroid dienone is 1. The van der Waals surface area contributed by atoms with Gasteiger partial charge in [-0.05, 0) is 67.8 Å². The molecule has 3 rings (SSSR count). The topological polar surface area (TPSA) is 77.8 Å². The molecule has 0 amide bonds. The fourth-order valence-electron chi connectivity index (χ4n) is 6.43. The molecular formula is C31H48O4. The summed E-state index contributed by atoms with van der Waals surface area (Å²) >= 11 is 0. The molecule has 0 spiro atoms. The van der Waals surface area contributed by atoms with Crippen LogP contribution in [0.1, 0.15) is 115 Å². The number of aliphatic hydroxyl groups is 2. The number of unbranched alkanes of at least 4 members (excludes halogenated alkanes) is 5. The van der Waals surface area contributed by atoms with Gasteiger partial charge < -0.3 is 15.3 Å². The van der Waals surface area contributed by atoms with Crippen LogP contribution in [-0.4, -0.2) is 33.5 Å². The first-order chi connectivity index (χ1) is 17.0. The summed E-state index contributed by atoms with van der Waals surface area (Å²) < 4.78 is 0. The Kier molecular flexibility index (Phi) is 11.3. The molecule has 3 N–H and O–H groups in total. The van der Waals surface area contributed by atoms with E-state index in [0.717, 1.165) is 63.4 Å². The third-order valence-corrected chi connectivity index (χ3v) is 8.92. The van der Waals surface area contributed by atoms with Gasteiger partial charge in [0.15, 0.2) is 0 Å². The number of aliphatic carboxylic acids is 1. The molecule has 1 aromatic carbocycles. The summed E-state index contributed by atoms with van der Waals surface area (Å²) in [4.78, 5) is 11.7. The van der Waals surface area contributed by atoms with E-state index in [1.165, 1.54) is 32.1 Å². The molecule has 5 atom stereocenters. The van der Waals surface area contributed by atoms with Crippen molar-refractivity contribution in [1.29, 1.82) is 0 Å². The molecule has 1 aromatic rings. The van der Waals surface area contributed by atoms with E-state index >= 15 is 0 Å². The molecule has 0 radical (unpaired) electrons. The zero-order chi connectivity index (χ0) is 25.1. The van der Waals surface area contributed by atoms with Crippen LogP contribution >= 0.6 is 0 Å². The summed E-state index contributed by atoms with van der Waals surface area (Å²) in [5, 5.41) is 31.2. The lowest BCUT2D eigenvalue weighted by Gasteiger charge is -2.45. The fourth-order valence-corrected chi connectivity index (χ4v) is 6.43. The summed E-state index contributed by atoms with van der Waals surface area (Å²) in [7, 11) is 0. The maximum absolute atomic E-state index is 11.7. The minimum atomic E-state index is -0.749. The van der Waals surface area contributed by atoms with Gasteiger partial charge in [0.25, 0.3) is 0 Å². The Hall–Kier alpha value is -1.65. The minimum absolute atomic E-state index is 0.0936. The molecule has 0 aliphatic heterocycles. The van der Waals surface area contributed by atoms with Crippen LogP contribution in [0.3, 0.4) is 0 Å². The second-order valence-corrected chi connectivity index (χ2v) is 11.3. The number of carbonyl (C=O) groups is 1. The minimum Gasteiger partial charge on any atom is -0.481 e. The molecule has 196 valence electrons. The molecule has 2 aliphatic rings. The number of aliphatic hydroxyl groups excluding tert-OH is 2.